The smallest absolute Gasteiger partial charge is 0.305 e. The van der Waals surface area contributed by atoms with Gasteiger partial charge in [-0.3, -0.25) is 9.59 Å². The summed E-state index contributed by atoms with van der Waals surface area (Å²) in [6.07, 6.45) is 1.24. The number of nitrogens with zero attached hydrogens (tertiary/aromatic N) is 1. The van der Waals surface area contributed by atoms with Gasteiger partial charge in [-0.05, 0) is 55.2 Å². The van der Waals surface area contributed by atoms with E-state index in [0.29, 0.717) is 42.2 Å². The third-order valence-corrected chi connectivity index (χ3v) is 6.12. The third kappa shape index (κ3) is 5.59. The fourth-order valence-electron chi connectivity index (χ4n) is 4.33. The highest BCUT2D eigenvalue weighted by Gasteiger charge is 2.25. The number of primary amides is 1. The Labute approximate surface area is 205 Å². The molecular formula is C27H32N2O6. The Morgan fingerprint density at radius 1 is 0.886 bits per heavy atom. The van der Waals surface area contributed by atoms with Gasteiger partial charge in [-0.25, -0.2) is 0 Å². The van der Waals surface area contributed by atoms with Gasteiger partial charge in [0, 0.05) is 23.5 Å². The van der Waals surface area contributed by atoms with Gasteiger partial charge in [-0.2, -0.15) is 0 Å². The molecule has 8 heteroatoms. The highest BCUT2D eigenvalue weighted by molar-refractivity contribution is 6.02. The summed E-state index contributed by atoms with van der Waals surface area (Å²) >= 11 is 0. The van der Waals surface area contributed by atoms with Crippen molar-refractivity contribution in [3.05, 3.63) is 65.0 Å². The van der Waals surface area contributed by atoms with E-state index in [9.17, 15) is 9.59 Å². The Kier molecular flexibility index (Phi) is 8.41. The van der Waals surface area contributed by atoms with Gasteiger partial charge in [-0.15, -0.1) is 0 Å². The van der Waals surface area contributed by atoms with Crippen molar-refractivity contribution in [3.63, 3.8) is 0 Å². The van der Waals surface area contributed by atoms with Crippen LogP contribution >= 0.6 is 0 Å². The number of rotatable bonds is 11. The average Bonchev–Trinajstić information content (AvgIpc) is 3.16. The van der Waals surface area contributed by atoms with Crippen LogP contribution in [0.4, 0.5) is 0 Å². The van der Waals surface area contributed by atoms with Gasteiger partial charge in [0.25, 0.3) is 5.91 Å². The summed E-state index contributed by atoms with van der Waals surface area (Å²) in [6.45, 7) is 2.46. The number of aryl methyl sites for hydroxylation is 1. The van der Waals surface area contributed by atoms with Crippen LogP contribution in [-0.4, -0.2) is 44.9 Å². The lowest BCUT2D eigenvalue weighted by Gasteiger charge is -2.14. The molecule has 0 fully saturated rings. The van der Waals surface area contributed by atoms with E-state index in [1.807, 2.05) is 49.4 Å². The average molecular weight is 481 g/mol. The Hall–Kier alpha value is -3.94. The molecule has 3 aromatic rings. The van der Waals surface area contributed by atoms with E-state index in [4.69, 9.17) is 24.7 Å². The minimum absolute atomic E-state index is 0.178. The number of hydrogen-bond acceptors (Lipinski definition) is 6. The number of carbonyl (C=O) groups excluding carboxylic acids is 2. The lowest BCUT2D eigenvalue weighted by atomic mass is 9.98. The molecule has 1 amide bonds. The summed E-state index contributed by atoms with van der Waals surface area (Å²) in [5, 5.41) is 0. The number of hydrogen-bond donors (Lipinski definition) is 1. The molecule has 0 saturated heterocycles. The molecule has 0 bridgehead atoms. The highest BCUT2D eigenvalue weighted by Crippen LogP contribution is 2.35. The molecular weight excluding hydrogens is 448 g/mol. The second-order valence-corrected chi connectivity index (χ2v) is 8.04. The van der Waals surface area contributed by atoms with Crippen LogP contribution in [-0.2, 0) is 28.9 Å². The number of carbonyl (C=O) groups is 2. The molecule has 1 heterocycles. The van der Waals surface area contributed by atoms with Crippen LogP contribution in [0.3, 0.4) is 0 Å². The molecule has 0 unspecified atom stereocenters. The van der Waals surface area contributed by atoms with Crippen LogP contribution < -0.4 is 19.9 Å². The van der Waals surface area contributed by atoms with Crippen molar-refractivity contribution in [2.24, 2.45) is 5.73 Å². The zero-order valence-electron chi connectivity index (χ0n) is 20.8. The predicted octanol–water partition coefficient (Wildman–Crippen LogP) is 3.94. The van der Waals surface area contributed by atoms with Crippen LogP contribution in [0.15, 0.2) is 42.5 Å². The van der Waals surface area contributed by atoms with Crippen LogP contribution in [0.1, 0.15) is 33.7 Å². The van der Waals surface area contributed by atoms with Gasteiger partial charge < -0.3 is 29.2 Å². The maximum atomic E-state index is 12.6. The lowest BCUT2D eigenvalue weighted by Crippen LogP contribution is -2.14. The van der Waals surface area contributed by atoms with E-state index in [1.54, 1.807) is 21.3 Å². The zero-order chi connectivity index (χ0) is 25.5. The minimum atomic E-state index is -0.516. The number of ether oxygens (including phenoxy) is 4. The summed E-state index contributed by atoms with van der Waals surface area (Å²) in [4.78, 5) is 24.6. The fraction of sp³-hybridized carbons (Fsp3) is 0.333. The summed E-state index contributed by atoms with van der Waals surface area (Å²) in [6, 6.07) is 13.2. The number of esters is 1. The normalized spacial score (nSPS) is 10.7. The quantitative estimate of drug-likeness (QED) is 0.417. The first-order valence-electron chi connectivity index (χ1n) is 11.3. The van der Waals surface area contributed by atoms with E-state index in [0.717, 1.165) is 28.1 Å². The summed E-state index contributed by atoms with van der Waals surface area (Å²) in [5.74, 6) is 1.17. The first kappa shape index (κ1) is 25.7. The van der Waals surface area contributed by atoms with Gasteiger partial charge in [0.05, 0.1) is 40.4 Å². The van der Waals surface area contributed by atoms with E-state index < -0.39 is 5.91 Å². The fourth-order valence-corrected chi connectivity index (χ4v) is 4.33. The second kappa shape index (κ2) is 11.5. The molecule has 8 nitrogen and oxygen atoms in total. The molecule has 2 N–H and O–H groups in total. The Morgan fingerprint density at radius 2 is 1.57 bits per heavy atom. The minimum Gasteiger partial charge on any atom is -0.497 e. The Bertz CT molecular complexity index is 1200. The topological polar surface area (TPSA) is 102 Å². The van der Waals surface area contributed by atoms with Gasteiger partial charge in [0.15, 0.2) is 11.5 Å². The van der Waals surface area contributed by atoms with Crippen molar-refractivity contribution in [1.29, 1.82) is 0 Å². The molecule has 3 rings (SSSR count). The lowest BCUT2D eigenvalue weighted by molar-refractivity contribution is -0.140. The number of nitrogens with two attached hydrogens (primary N) is 1. The molecule has 0 saturated carbocycles. The van der Waals surface area contributed by atoms with Crippen LogP contribution in [0.5, 0.6) is 17.2 Å². The monoisotopic (exact) mass is 480 g/mol. The summed E-state index contributed by atoms with van der Waals surface area (Å²) in [7, 11) is 6.16. The standard InChI is InChI=1S/C27H32N2O6/c1-17-25(27(28)31)26(19-7-9-20(32-2)10-8-19)21(11-13-24(30)35-5)29(17)15-14-18-6-12-22(33-3)23(16-18)34-4/h6-10,12,16H,11,13-15H2,1-5H3,(H2,28,31). The van der Waals surface area contributed by atoms with E-state index in [1.165, 1.54) is 7.11 Å². The van der Waals surface area contributed by atoms with Gasteiger partial charge in [0.1, 0.15) is 5.75 Å². The molecule has 0 spiro atoms. The summed E-state index contributed by atoms with van der Waals surface area (Å²) in [5.41, 5.74) is 10.5. The zero-order valence-corrected chi connectivity index (χ0v) is 20.8. The predicted molar refractivity (Wildman–Crippen MR) is 133 cm³/mol. The molecule has 0 aliphatic heterocycles. The van der Waals surface area contributed by atoms with Gasteiger partial charge >= 0.3 is 5.97 Å². The molecule has 0 radical (unpaired) electrons. The molecule has 0 atom stereocenters. The maximum absolute atomic E-state index is 12.6. The molecule has 2 aromatic carbocycles. The highest BCUT2D eigenvalue weighted by atomic mass is 16.5. The Balaban J connectivity index is 2.08. The van der Waals surface area contributed by atoms with E-state index >= 15 is 0 Å². The largest absolute Gasteiger partial charge is 0.497 e. The number of benzene rings is 2. The van der Waals surface area contributed by atoms with E-state index in [-0.39, 0.29) is 12.4 Å². The van der Waals surface area contributed by atoms with Crippen LogP contribution in [0.2, 0.25) is 0 Å². The first-order valence-corrected chi connectivity index (χ1v) is 11.3. The Morgan fingerprint density at radius 3 is 2.14 bits per heavy atom. The van der Waals surface area contributed by atoms with Crippen molar-refractivity contribution in [1.82, 2.24) is 4.57 Å². The van der Waals surface area contributed by atoms with E-state index in [2.05, 4.69) is 4.57 Å². The van der Waals surface area contributed by atoms with Crippen molar-refractivity contribution in [2.45, 2.75) is 32.7 Å². The van der Waals surface area contributed by atoms with Crippen molar-refractivity contribution in [2.75, 3.05) is 28.4 Å². The van der Waals surface area contributed by atoms with Crippen LogP contribution in [0, 0.1) is 6.92 Å². The SMILES string of the molecule is COC(=O)CCc1c(-c2ccc(OC)cc2)c(C(N)=O)c(C)n1CCc1ccc(OC)c(OC)c1. The molecule has 0 aliphatic rings. The van der Waals surface area contributed by atoms with Gasteiger partial charge in [0.2, 0.25) is 0 Å². The molecule has 0 aliphatic carbocycles. The second-order valence-electron chi connectivity index (χ2n) is 8.04. The number of methoxy groups -OCH3 is 4. The third-order valence-electron chi connectivity index (χ3n) is 6.12. The molecule has 186 valence electrons. The summed E-state index contributed by atoms with van der Waals surface area (Å²) < 4.78 is 23.0. The van der Waals surface area contributed by atoms with Gasteiger partial charge in [-0.1, -0.05) is 18.2 Å². The van der Waals surface area contributed by atoms with Crippen molar-refractivity contribution >= 4 is 11.9 Å². The number of aromatic nitrogens is 1. The first-order chi connectivity index (χ1) is 16.8. The maximum Gasteiger partial charge on any atom is 0.305 e. The molecule has 35 heavy (non-hydrogen) atoms. The van der Waals surface area contributed by atoms with Crippen molar-refractivity contribution < 1.29 is 28.5 Å². The molecule has 1 aromatic heterocycles. The van der Waals surface area contributed by atoms with Crippen LogP contribution in [0.25, 0.3) is 11.1 Å². The van der Waals surface area contributed by atoms with Crippen molar-refractivity contribution in [3.8, 4) is 28.4 Å². The number of amides is 1.